The van der Waals surface area contributed by atoms with Crippen molar-refractivity contribution in [2.24, 2.45) is 0 Å². The molecule has 0 aliphatic heterocycles. The molecule has 2 heteroatoms. The molecular formula is C11H16O2. The van der Waals surface area contributed by atoms with Crippen LogP contribution in [0.1, 0.15) is 30.6 Å². The van der Waals surface area contributed by atoms with E-state index in [1.807, 2.05) is 38.1 Å². The molecule has 0 saturated carbocycles. The molecule has 0 heterocycles. The van der Waals surface area contributed by atoms with Crippen molar-refractivity contribution < 1.29 is 10.2 Å². The van der Waals surface area contributed by atoms with Gasteiger partial charge >= 0.3 is 0 Å². The van der Waals surface area contributed by atoms with Crippen molar-refractivity contribution in [2.75, 3.05) is 0 Å². The van der Waals surface area contributed by atoms with Gasteiger partial charge < -0.3 is 10.2 Å². The molecular weight excluding hydrogens is 164 g/mol. The third kappa shape index (κ3) is 2.29. The lowest BCUT2D eigenvalue weighted by Crippen LogP contribution is -2.17. The number of hydrogen-bond donors (Lipinski definition) is 2. The topological polar surface area (TPSA) is 40.5 Å². The quantitative estimate of drug-likeness (QED) is 0.744. The SMILES string of the molecule is CCC(O)C(O)c1ccccc1C. The summed E-state index contributed by atoms with van der Waals surface area (Å²) in [6.45, 7) is 3.78. The van der Waals surface area contributed by atoms with Gasteiger partial charge in [0.25, 0.3) is 0 Å². The molecule has 0 saturated heterocycles. The number of rotatable bonds is 3. The molecule has 2 unspecified atom stereocenters. The minimum absolute atomic E-state index is 0.565. The first kappa shape index (κ1) is 10.2. The zero-order chi connectivity index (χ0) is 9.84. The third-order valence-corrected chi connectivity index (χ3v) is 2.29. The molecule has 1 aromatic rings. The van der Waals surface area contributed by atoms with Crippen LogP contribution in [-0.4, -0.2) is 16.3 Å². The molecule has 0 bridgehead atoms. The van der Waals surface area contributed by atoms with Crippen LogP contribution in [0.5, 0.6) is 0 Å². The van der Waals surface area contributed by atoms with Crippen LogP contribution in [0.15, 0.2) is 24.3 Å². The molecule has 1 rings (SSSR count). The molecule has 0 aromatic heterocycles. The highest BCUT2D eigenvalue weighted by Gasteiger charge is 2.17. The minimum Gasteiger partial charge on any atom is -0.390 e. The number of hydrogen-bond acceptors (Lipinski definition) is 2. The molecule has 0 spiro atoms. The fraction of sp³-hybridized carbons (Fsp3) is 0.455. The molecule has 2 atom stereocenters. The molecule has 0 aliphatic rings. The summed E-state index contributed by atoms with van der Waals surface area (Å²) in [6.07, 6.45) is -0.859. The van der Waals surface area contributed by atoms with Crippen LogP contribution < -0.4 is 0 Å². The van der Waals surface area contributed by atoms with Gasteiger partial charge in [-0.15, -0.1) is 0 Å². The summed E-state index contributed by atoms with van der Waals surface area (Å²) in [4.78, 5) is 0. The van der Waals surface area contributed by atoms with E-state index in [9.17, 15) is 10.2 Å². The van der Waals surface area contributed by atoms with Gasteiger partial charge in [0.05, 0.1) is 6.10 Å². The lowest BCUT2D eigenvalue weighted by molar-refractivity contribution is 0.0161. The highest BCUT2D eigenvalue weighted by Crippen LogP contribution is 2.21. The average Bonchev–Trinajstić information content (AvgIpc) is 2.16. The summed E-state index contributed by atoms with van der Waals surface area (Å²) in [5.41, 5.74) is 1.83. The Labute approximate surface area is 78.8 Å². The van der Waals surface area contributed by atoms with E-state index in [4.69, 9.17) is 0 Å². The Hall–Kier alpha value is -0.860. The van der Waals surface area contributed by atoms with Gasteiger partial charge in [-0.05, 0) is 24.5 Å². The third-order valence-electron chi connectivity index (χ3n) is 2.29. The van der Waals surface area contributed by atoms with Crippen LogP contribution in [0.25, 0.3) is 0 Å². The first-order chi connectivity index (χ1) is 6.16. The summed E-state index contributed by atoms with van der Waals surface area (Å²) >= 11 is 0. The predicted molar refractivity (Wildman–Crippen MR) is 52.4 cm³/mol. The number of aryl methyl sites for hydroxylation is 1. The van der Waals surface area contributed by atoms with Gasteiger partial charge in [-0.25, -0.2) is 0 Å². The Kier molecular flexibility index (Phi) is 3.46. The highest BCUT2D eigenvalue weighted by atomic mass is 16.3. The Balaban J connectivity index is 2.88. The maximum atomic E-state index is 9.72. The molecule has 2 nitrogen and oxygen atoms in total. The van der Waals surface area contributed by atoms with Gasteiger partial charge in [0.1, 0.15) is 6.10 Å². The van der Waals surface area contributed by atoms with Crippen molar-refractivity contribution in [3.8, 4) is 0 Å². The van der Waals surface area contributed by atoms with Gasteiger partial charge in [-0.1, -0.05) is 31.2 Å². The molecule has 13 heavy (non-hydrogen) atoms. The monoisotopic (exact) mass is 180 g/mol. The van der Waals surface area contributed by atoms with Gasteiger partial charge in [0.15, 0.2) is 0 Å². The van der Waals surface area contributed by atoms with Gasteiger partial charge in [0.2, 0.25) is 0 Å². The summed E-state index contributed by atoms with van der Waals surface area (Å²) in [5.74, 6) is 0. The van der Waals surface area contributed by atoms with Crippen LogP contribution in [0, 0.1) is 6.92 Å². The molecule has 1 aromatic carbocycles. The van der Waals surface area contributed by atoms with Crippen molar-refractivity contribution in [3.63, 3.8) is 0 Å². The van der Waals surface area contributed by atoms with Crippen molar-refractivity contribution in [2.45, 2.75) is 32.5 Å². The second-order valence-electron chi connectivity index (χ2n) is 3.28. The number of aliphatic hydroxyl groups excluding tert-OH is 2. The first-order valence-electron chi connectivity index (χ1n) is 4.58. The van der Waals surface area contributed by atoms with E-state index in [0.29, 0.717) is 6.42 Å². The molecule has 0 amide bonds. The van der Waals surface area contributed by atoms with Crippen LogP contribution in [0.3, 0.4) is 0 Å². The fourth-order valence-corrected chi connectivity index (χ4v) is 1.35. The normalized spacial score (nSPS) is 15.4. The van der Waals surface area contributed by atoms with E-state index in [2.05, 4.69) is 0 Å². The van der Waals surface area contributed by atoms with Crippen LogP contribution in [0.4, 0.5) is 0 Å². The zero-order valence-corrected chi connectivity index (χ0v) is 8.07. The van der Waals surface area contributed by atoms with Crippen molar-refractivity contribution in [1.29, 1.82) is 0 Å². The van der Waals surface area contributed by atoms with E-state index >= 15 is 0 Å². The summed E-state index contributed by atoms with van der Waals surface area (Å²) in [5, 5.41) is 19.2. The number of benzene rings is 1. The van der Waals surface area contributed by atoms with E-state index in [0.717, 1.165) is 11.1 Å². The minimum atomic E-state index is -0.758. The molecule has 0 fully saturated rings. The molecule has 2 N–H and O–H groups in total. The summed E-state index contributed by atoms with van der Waals surface area (Å²) in [7, 11) is 0. The van der Waals surface area contributed by atoms with Gasteiger partial charge in [0, 0.05) is 0 Å². The Morgan fingerprint density at radius 2 is 1.85 bits per heavy atom. The second-order valence-corrected chi connectivity index (χ2v) is 3.28. The van der Waals surface area contributed by atoms with Crippen LogP contribution in [-0.2, 0) is 0 Å². The Morgan fingerprint density at radius 3 is 2.38 bits per heavy atom. The van der Waals surface area contributed by atoms with Crippen molar-refractivity contribution in [1.82, 2.24) is 0 Å². The maximum absolute atomic E-state index is 9.72. The maximum Gasteiger partial charge on any atom is 0.105 e. The Morgan fingerprint density at radius 1 is 1.23 bits per heavy atom. The second kappa shape index (κ2) is 4.40. The molecule has 0 aliphatic carbocycles. The molecule has 0 radical (unpaired) electrons. The fourth-order valence-electron chi connectivity index (χ4n) is 1.35. The van der Waals surface area contributed by atoms with E-state index in [-0.39, 0.29) is 0 Å². The van der Waals surface area contributed by atoms with Gasteiger partial charge in [-0.2, -0.15) is 0 Å². The van der Waals surface area contributed by atoms with E-state index < -0.39 is 12.2 Å². The van der Waals surface area contributed by atoms with Gasteiger partial charge in [-0.3, -0.25) is 0 Å². The van der Waals surface area contributed by atoms with Crippen molar-refractivity contribution in [3.05, 3.63) is 35.4 Å². The standard InChI is InChI=1S/C11H16O2/c1-3-10(12)11(13)9-7-5-4-6-8(9)2/h4-7,10-13H,3H2,1-2H3. The zero-order valence-electron chi connectivity index (χ0n) is 8.07. The first-order valence-corrected chi connectivity index (χ1v) is 4.58. The van der Waals surface area contributed by atoms with Crippen LogP contribution in [0.2, 0.25) is 0 Å². The highest BCUT2D eigenvalue weighted by molar-refractivity contribution is 5.28. The summed E-state index contributed by atoms with van der Waals surface area (Å²) in [6, 6.07) is 7.57. The lowest BCUT2D eigenvalue weighted by Gasteiger charge is -2.18. The molecule has 72 valence electrons. The smallest absolute Gasteiger partial charge is 0.105 e. The van der Waals surface area contributed by atoms with Crippen LogP contribution >= 0.6 is 0 Å². The van der Waals surface area contributed by atoms with E-state index in [1.165, 1.54) is 0 Å². The largest absolute Gasteiger partial charge is 0.390 e. The predicted octanol–water partition coefficient (Wildman–Crippen LogP) is 1.80. The van der Waals surface area contributed by atoms with E-state index in [1.54, 1.807) is 0 Å². The number of aliphatic hydroxyl groups is 2. The Bertz CT molecular complexity index is 271. The summed E-state index contributed by atoms with van der Waals surface area (Å²) < 4.78 is 0. The average molecular weight is 180 g/mol. The lowest BCUT2D eigenvalue weighted by atomic mass is 9.98. The van der Waals surface area contributed by atoms with Crippen molar-refractivity contribution >= 4 is 0 Å².